The van der Waals surface area contributed by atoms with Crippen LogP contribution in [0.3, 0.4) is 0 Å². The van der Waals surface area contributed by atoms with E-state index in [2.05, 4.69) is 25.2 Å². The van der Waals surface area contributed by atoms with Gasteiger partial charge in [0, 0.05) is 6.07 Å². The number of carbonyl (C=O) groups is 2. The van der Waals surface area contributed by atoms with E-state index in [-0.39, 0.29) is 18.3 Å². The van der Waals surface area contributed by atoms with E-state index < -0.39 is 17.9 Å². The molecule has 0 aliphatic rings. The standard InChI is InChI=1S/C25H27NO5/c1-5-29-25(28)23(18-9-7-6-8-10-18)26-24(27)20-13-14-22(30-20)31-21-15-19(16(2)3)12-11-17(21)4/h6-16,23H,5H2,1-4H3,(H,26,27). The van der Waals surface area contributed by atoms with E-state index in [1.165, 1.54) is 6.07 Å². The van der Waals surface area contributed by atoms with Gasteiger partial charge in [-0.3, -0.25) is 4.79 Å². The second-order valence-corrected chi connectivity index (χ2v) is 7.47. The van der Waals surface area contributed by atoms with Gasteiger partial charge in [0.05, 0.1) is 6.61 Å². The van der Waals surface area contributed by atoms with Crippen molar-refractivity contribution < 1.29 is 23.5 Å². The van der Waals surface area contributed by atoms with Crippen LogP contribution in [0.5, 0.6) is 11.7 Å². The van der Waals surface area contributed by atoms with Crippen LogP contribution in [0.15, 0.2) is 65.1 Å². The van der Waals surface area contributed by atoms with Crippen molar-refractivity contribution in [1.82, 2.24) is 5.32 Å². The van der Waals surface area contributed by atoms with Gasteiger partial charge in [0.2, 0.25) is 0 Å². The molecule has 1 amide bonds. The quantitative estimate of drug-likeness (QED) is 0.483. The molecule has 1 unspecified atom stereocenters. The molecule has 3 aromatic rings. The smallest absolute Gasteiger partial charge is 0.333 e. The van der Waals surface area contributed by atoms with Gasteiger partial charge in [-0.15, -0.1) is 0 Å². The first-order chi connectivity index (χ1) is 14.9. The Labute approximate surface area is 182 Å². The van der Waals surface area contributed by atoms with E-state index in [0.717, 1.165) is 11.1 Å². The Morgan fingerprint density at radius 1 is 1.00 bits per heavy atom. The fraction of sp³-hybridized carbons (Fsp3) is 0.280. The maximum absolute atomic E-state index is 12.7. The third-order valence-electron chi connectivity index (χ3n) is 4.83. The van der Waals surface area contributed by atoms with Gasteiger partial charge in [0.1, 0.15) is 5.75 Å². The molecule has 3 rings (SSSR count). The normalized spacial score (nSPS) is 11.8. The van der Waals surface area contributed by atoms with Crippen LogP contribution in [0, 0.1) is 6.92 Å². The Bertz CT molecular complexity index is 1040. The molecule has 1 N–H and O–H groups in total. The molecule has 0 bridgehead atoms. The van der Waals surface area contributed by atoms with Gasteiger partial charge in [-0.25, -0.2) is 4.79 Å². The number of carbonyl (C=O) groups excluding carboxylic acids is 2. The zero-order valence-corrected chi connectivity index (χ0v) is 18.2. The maximum Gasteiger partial charge on any atom is 0.333 e. The van der Waals surface area contributed by atoms with Gasteiger partial charge in [-0.2, -0.15) is 0 Å². The Balaban J connectivity index is 1.76. The van der Waals surface area contributed by atoms with Crippen LogP contribution < -0.4 is 10.1 Å². The highest BCUT2D eigenvalue weighted by molar-refractivity contribution is 5.95. The minimum Gasteiger partial charge on any atom is -0.464 e. The number of ether oxygens (including phenoxy) is 2. The number of rotatable bonds is 8. The monoisotopic (exact) mass is 421 g/mol. The first-order valence-corrected chi connectivity index (χ1v) is 10.3. The molecule has 0 radical (unpaired) electrons. The molecule has 1 aromatic heterocycles. The summed E-state index contributed by atoms with van der Waals surface area (Å²) in [6.45, 7) is 8.09. The van der Waals surface area contributed by atoms with Crippen LogP contribution in [0.25, 0.3) is 0 Å². The van der Waals surface area contributed by atoms with Gasteiger partial charge >= 0.3 is 5.97 Å². The van der Waals surface area contributed by atoms with Crippen molar-refractivity contribution in [2.45, 2.75) is 39.7 Å². The van der Waals surface area contributed by atoms with E-state index in [0.29, 0.717) is 17.2 Å². The van der Waals surface area contributed by atoms with Crippen LogP contribution in [0.4, 0.5) is 0 Å². The molecule has 6 nitrogen and oxygen atoms in total. The fourth-order valence-electron chi connectivity index (χ4n) is 3.04. The van der Waals surface area contributed by atoms with Crippen molar-refractivity contribution in [3.05, 3.63) is 83.1 Å². The number of esters is 1. The molecule has 31 heavy (non-hydrogen) atoms. The molecule has 6 heteroatoms. The van der Waals surface area contributed by atoms with Crippen molar-refractivity contribution >= 4 is 11.9 Å². The van der Waals surface area contributed by atoms with Crippen molar-refractivity contribution in [2.24, 2.45) is 0 Å². The predicted molar refractivity (Wildman–Crippen MR) is 117 cm³/mol. The average Bonchev–Trinajstić information content (AvgIpc) is 3.22. The molecule has 0 aliphatic heterocycles. The van der Waals surface area contributed by atoms with Crippen LogP contribution in [-0.4, -0.2) is 18.5 Å². The number of benzene rings is 2. The van der Waals surface area contributed by atoms with E-state index in [9.17, 15) is 9.59 Å². The van der Waals surface area contributed by atoms with Crippen molar-refractivity contribution in [3.8, 4) is 11.7 Å². The summed E-state index contributed by atoms with van der Waals surface area (Å²) in [6, 6.07) is 17.1. The molecular weight excluding hydrogens is 394 g/mol. The van der Waals surface area contributed by atoms with Crippen molar-refractivity contribution in [1.29, 1.82) is 0 Å². The summed E-state index contributed by atoms with van der Waals surface area (Å²) >= 11 is 0. The van der Waals surface area contributed by atoms with Gasteiger partial charge < -0.3 is 19.2 Å². The summed E-state index contributed by atoms with van der Waals surface area (Å²) in [5.74, 6) is 0.190. The highest BCUT2D eigenvalue weighted by atomic mass is 16.6. The highest BCUT2D eigenvalue weighted by Gasteiger charge is 2.26. The molecule has 0 fully saturated rings. The van der Waals surface area contributed by atoms with Crippen LogP contribution in [0.1, 0.15) is 60.0 Å². The first kappa shape index (κ1) is 22.2. The Kier molecular flexibility index (Phi) is 7.13. The average molecular weight is 421 g/mol. The number of aryl methyl sites for hydroxylation is 1. The summed E-state index contributed by atoms with van der Waals surface area (Å²) in [6.07, 6.45) is 0. The summed E-state index contributed by atoms with van der Waals surface area (Å²) in [5, 5.41) is 2.68. The number of hydrogen-bond acceptors (Lipinski definition) is 5. The molecule has 0 saturated carbocycles. The summed E-state index contributed by atoms with van der Waals surface area (Å²) in [5.41, 5.74) is 2.72. The second kappa shape index (κ2) is 9.98. The van der Waals surface area contributed by atoms with Gasteiger partial charge in [0.15, 0.2) is 11.8 Å². The Morgan fingerprint density at radius 2 is 1.74 bits per heavy atom. The Hall–Kier alpha value is -3.54. The van der Waals surface area contributed by atoms with Gasteiger partial charge in [-0.1, -0.05) is 56.3 Å². The SMILES string of the molecule is CCOC(=O)C(NC(=O)c1ccc(Oc2cc(C(C)C)ccc2C)o1)c1ccccc1. The lowest BCUT2D eigenvalue weighted by Crippen LogP contribution is -2.34. The number of furan rings is 1. The molecule has 0 saturated heterocycles. The fourth-order valence-corrected chi connectivity index (χ4v) is 3.04. The Morgan fingerprint density at radius 3 is 2.42 bits per heavy atom. The minimum absolute atomic E-state index is 0.0397. The molecule has 1 heterocycles. The lowest BCUT2D eigenvalue weighted by Gasteiger charge is -2.17. The third kappa shape index (κ3) is 5.54. The van der Waals surface area contributed by atoms with Crippen LogP contribution in [-0.2, 0) is 9.53 Å². The molecule has 2 aromatic carbocycles. The van der Waals surface area contributed by atoms with Gasteiger partial charge in [-0.05, 0) is 48.6 Å². The number of hydrogen-bond donors (Lipinski definition) is 1. The molecule has 0 aliphatic carbocycles. The lowest BCUT2D eigenvalue weighted by molar-refractivity contribution is -0.145. The second-order valence-electron chi connectivity index (χ2n) is 7.47. The van der Waals surface area contributed by atoms with E-state index in [1.54, 1.807) is 37.3 Å². The van der Waals surface area contributed by atoms with Gasteiger partial charge in [0.25, 0.3) is 11.9 Å². The maximum atomic E-state index is 12.7. The largest absolute Gasteiger partial charge is 0.464 e. The summed E-state index contributed by atoms with van der Waals surface area (Å²) in [4.78, 5) is 25.1. The van der Waals surface area contributed by atoms with Crippen LogP contribution in [0.2, 0.25) is 0 Å². The minimum atomic E-state index is -0.937. The topological polar surface area (TPSA) is 77.8 Å². The molecule has 162 valence electrons. The van der Waals surface area contributed by atoms with Crippen molar-refractivity contribution in [3.63, 3.8) is 0 Å². The summed E-state index contributed by atoms with van der Waals surface area (Å²) < 4.78 is 16.6. The summed E-state index contributed by atoms with van der Waals surface area (Å²) in [7, 11) is 0. The first-order valence-electron chi connectivity index (χ1n) is 10.3. The van der Waals surface area contributed by atoms with E-state index in [4.69, 9.17) is 13.9 Å². The zero-order valence-electron chi connectivity index (χ0n) is 18.2. The van der Waals surface area contributed by atoms with Crippen molar-refractivity contribution in [2.75, 3.05) is 6.61 Å². The molecular formula is C25H27NO5. The van der Waals surface area contributed by atoms with E-state index in [1.807, 2.05) is 25.1 Å². The molecule has 1 atom stereocenters. The third-order valence-corrected chi connectivity index (χ3v) is 4.83. The number of nitrogens with one attached hydrogen (secondary N) is 1. The van der Waals surface area contributed by atoms with E-state index >= 15 is 0 Å². The zero-order chi connectivity index (χ0) is 22.4. The molecule has 0 spiro atoms. The van der Waals surface area contributed by atoms with Crippen LogP contribution >= 0.6 is 0 Å². The lowest BCUT2D eigenvalue weighted by atomic mass is 10.0. The number of amides is 1. The predicted octanol–water partition coefficient (Wildman–Crippen LogP) is 5.54. The highest BCUT2D eigenvalue weighted by Crippen LogP contribution is 2.30.